The molecule has 2 aliphatic rings. The van der Waals surface area contributed by atoms with Gasteiger partial charge in [0.15, 0.2) is 5.78 Å². The highest BCUT2D eigenvalue weighted by atomic mass is 16.1. The maximum atomic E-state index is 11.8. The Kier molecular flexibility index (Phi) is 2.82. The van der Waals surface area contributed by atoms with Crippen molar-refractivity contribution in [2.24, 2.45) is 11.8 Å². The van der Waals surface area contributed by atoms with Crippen LogP contribution in [0.25, 0.3) is 0 Å². The molecule has 1 nitrogen and oxygen atoms in total. The van der Waals surface area contributed by atoms with E-state index in [1.165, 1.54) is 0 Å². The maximum Gasteiger partial charge on any atom is 0.166 e. The van der Waals surface area contributed by atoms with Gasteiger partial charge in [-0.05, 0) is 13.0 Å². The van der Waals surface area contributed by atoms with Crippen LogP contribution in [0.15, 0.2) is 60.3 Å². The van der Waals surface area contributed by atoms with Crippen LogP contribution < -0.4 is 0 Å². The molecule has 15 heavy (non-hydrogen) atoms. The summed E-state index contributed by atoms with van der Waals surface area (Å²) in [6, 6.07) is 0. The smallest absolute Gasteiger partial charge is 0.166 e. The molecule has 0 bridgehead atoms. The highest BCUT2D eigenvalue weighted by Crippen LogP contribution is 2.20. The molecule has 2 aliphatic carbocycles. The van der Waals surface area contributed by atoms with Crippen molar-refractivity contribution in [2.45, 2.75) is 6.92 Å². The predicted molar refractivity (Wildman–Crippen MR) is 62.3 cm³/mol. The van der Waals surface area contributed by atoms with Gasteiger partial charge in [-0.1, -0.05) is 54.2 Å². The summed E-state index contributed by atoms with van der Waals surface area (Å²) in [6.07, 6.45) is 17.7. The number of carbonyl (C=O) groups excluding carboxylic acids is 1. The fraction of sp³-hybridized carbons (Fsp3) is 0.214. The number of allylic oxidation sites excluding steroid dienone is 10. The first-order valence-electron chi connectivity index (χ1n) is 5.19. The SMILES string of the molecule is C/C(=C\C(=O)C1C=CC=C1)C1C=CC=C1. The average molecular weight is 198 g/mol. The topological polar surface area (TPSA) is 17.1 Å². The number of hydrogen-bond acceptors (Lipinski definition) is 1. The molecule has 0 fully saturated rings. The quantitative estimate of drug-likeness (QED) is 0.637. The number of rotatable bonds is 3. The molecule has 2 rings (SSSR count). The molecule has 76 valence electrons. The lowest BCUT2D eigenvalue weighted by Gasteiger charge is -2.06. The standard InChI is InChI=1S/C14H14O/c1-11(12-6-2-3-7-12)10-14(15)13-8-4-5-9-13/h2-10,12-13H,1H3/b11-10+. The first-order chi connectivity index (χ1) is 7.27. The zero-order valence-electron chi connectivity index (χ0n) is 8.76. The molecule has 0 N–H and O–H groups in total. The molecular weight excluding hydrogens is 184 g/mol. The summed E-state index contributed by atoms with van der Waals surface area (Å²) in [6.45, 7) is 2.00. The molecule has 0 saturated heterocycles. The van der Waals surface area contributed by atoms with Crippen molar-refractivity contribution in [1.82, 2.24) is 0 Å². The minimum absolute atomic E-state index is 0.0469. The zero-order valence-corrected chi connectivity index (χ0v) is 8.76. The molecular formula is C14H14O. The summed E-state index contributed by atoms with van der Waals surface area (Å²) < 4.78 is 0. The Hall–Kier alpha value is -1.63. The molecule has 0 aromatic heterocycles. The van der Waals surface area contributed by atoms with E-state index in [-0.39, 0.29) is 11.7 Å². The Morgan fingerprint density at radius 1 is 0.933 bits per heavy atom. The summed E-state index contributed by atoms with van der Waals surface area (Å²) in [5, 5.41) is 0. The Morgan fingerprint density at radius 2 is 1.40 bits per heavy atom. The zero-order chi connectivity index (χ0) is 10.7. The largest absolute Gasteiger partial charge is 0.294 e. The molecule has 0 amide bonds. The van der Waals surface area contributed by atoms with Gasteiger partial charge in [0.05, 0.1) is 5.92 Å². The minimum atomic E-state index is -0.0469. The van der Waals surface area contributed by atoms with Crippen molar-refractivity contribution in [1.29, 1.82) is 0 Å². The Morgan fingerprint density at radius 3 is 1.93 bits per heavy atom. The molecule has 0 heterocycles. The molecule has 0 spiro atoms. The van der Waals surface area contributed by atoms with Gasteiger partial charge in [-0.3, -0.25) is 4.79 Å². The first kappa shape index (κ1) is 9.91. The van der Waals surface area contributed by atoms with Gasteiger partial charge in [0.25, 0.3) is 0 Å². The predicted octanol–water partition coefficient (Wildman–Crippen LogP) is 2.99. The van der Waals surface area contributed by atoms with E-state index in [4.69, 9.17) is 0 Å². The fourth-order valence-corrected chi connectivity index (χ4v) is 1.77. The van der Waals surface area contributed by atoms with E-state index < -0.39 is 0 Å². The van der Waals surface area contributed by atoms with Crippen LogP contribution in [-0.4, -0.2) is 5.78 Å². The monoisotopic (exact) mass is 198 g/mol. The van der Waals surface area contributed by atoms with E-state index in [1.54, 1.807) is 6.08 Å². The average Bonchev–Trinajstić information content (AvgIpc) is 2.91. The van der Waals surface area contributed by atoms with Crippen molar-refractivity contribution in [2.75, 3.05) is 0 Å². The van der Waals surface area contributed by atoms with Crippen molar-refractivity contribution < 1.29 is 4.79 Å². The van der Waals surface area contributed by atoms with Gasteiger partial charge in [-0.25, -0.2) is 0 Å². The van der Waals surface area contributed by atoms with Crippen LogP contribution in [-0.2, 0) is 4.79 Å². The third-order valence-electron chi connectivity index (χ3n) is 2.72. The van der Waals surface area contributed by atoms with Crippen LogP contribution >= 0.6 is 0 Å². The second-order valence-electron chi connectivity index (χ2n) is 3.88. The normalized spacial score (nSPS) is 20.7. The van der Waals surface area contributed by atoms with Gasteiger partial charge in [0.2, 0.25) is 0 Å². The highest BCUT2D eigenvalue weighted by Gasteiger charge is 2.14. The van der Waals surface area contributed by atoms with Crippen LogP contribution in [0.3, 0.4) is 0 Å². The maximum absolute atomic E-state index is 11.8. The Labute approximate surface area is 90.2 Å². The molecule has 1 heteroatoms. The van der Waals surface area contributed by atoms with E-state index >= 15 is 0 Å². The summed E-state index contributed by atoms with van der Waals surface area (Å²) in [5.74, 6) is 0.434. The summed E-state index contributed by atoms with van der Waals surface area (Å²) in [4.78, 5) is 11.8. The van der Waals surface area contributed by atoms with Gasteiger partial charge in [-0.2, -0.15) is 0 Å². The van der Waals surface area contributed by atoms with Crippen molar-refractivity contribution in [3.05, 3.63) is 60.3 Å². The van der Waals surface area contributed by atoms with Crippen LogP contribution in [0.1, 0.15) is 6.92 Å². The van der Waals surface area contributed by atoms with E-state index in [0.717, 1.165) is 5.57 Å². The molecule has 0 aliphatic heterocycles. The molecule has 0 unspecified atom stereocenters. The highest BCUT2D eigenvalue weighted by molar-refractivity contribution is 5.95. The number of hydrogen-bond donors (Lipinski definition) is 0. The molecule has 0 aromatic carbocycles. The molecule has 0 radical (unpaired) electrons. The number of ketones is 1. The summed E-state index contributed by atoms with van der Waals surface area (Å²) >= 11 is 0. The summed E-state index contributed by atoms with van der Waals surface area (Å²) in [5.41, 5.74) is 1.11. The third kappa shape index (κ3) is 2.24. The van der Waals surface area contributed by atoms with Crippen molar-refractivity contribution in [3.63, 3.8) is 0 Å². The molecule has 0 aromatic rings. The van der Waals surface area contributed by atoms with Crippen LogP contribution in [0.4, 0.5) is 0 Å². The first-order valence-corrected chi connectivity index (χ1v) is 5.19. The minimum Gasteiger partial charge on any atom is -0.294 e. The van der Waals surface area contributed by atoms with Crippen molar-refractivity contribution in [3.8, 4) is 0 Å². The van der Waals surface area contributed by atoms with Gasteiger partial charge in [0.1, 0.15) is 0 Å². The Balaban J connectivity index is 2.05. The van der Waals surface area contributed by atoms with Crippen LogP contribution in [0.5, 0.6) is 0 Å². The lowest BCUT2D eigenvalue weighted by Crippen LogP contribution is -2.06. The van der Waals surface area contributed by atoms with Crippen LogP contribution in [0.2, 0.25) is 0 Å². The van der Waals surface area contributed by atoms with E-state index in [2.05, 4.69) is 12.2 Å². The van der Waals surface area contributed by atoms with E-state index in [0.29, 0.717) is 5.92 Å². The second-order valence-corrected chi connectivity index (χ2v) is 3.88. The van der Waals surface area contributed by atoms with E-state index in [1.807, 2.05) is 43.4 Å². The fourth-order valence-electron chi connectivity index (χ4n) is 1.77. The van der Waals surface area contributed by atoms with Gasteiger partial charge < -0.3 is 0 Å². The van der Waals surface area contributed by atoms with Gasteiger partial charge in [0, 0.05) is 5.92 Å². The summed E-state index contributed by atoms with van der Waals surface area (Å²) in [7, 11) is 0. The Bertz CT molecular complexity index is 381. The third-order valence-corrected chi connectivity index (χ3v) is 2.72. The second kappa shape index (κ2) is 4.26. The van der Waals surface area contributed by atoms with Gasteiger partial charge >= 0.3 is 0 Å². The lowest BCUT2D eigenvalue weighted by atomic mass is 9.97. The molecule has 0 atom stereocenters. The van der Waals surface area contributed by atoms with Gasteiger partial charge in [-0.15, -0.1) is 0 Å². The van der Waals surface area contributed by atoms with E-state index in [9.17, 15) is 4.79 Å². The number of carbonyl (C=O) groups is 1. The lowest BCUT2D eigenvalue weighted by molar-refractivity contribution is -0.115. The molecule has 0 saturated carbocycles. The van der Waals surface area contributed by atoms with Crippen molar-refractivity contribution >= 4 is 5.78 Å². The van der Waals surface area contributed by atoms with Crippen LogP contribution in [0, 0.1) is 11.8 Å².